The van der Waals surface area contributed by atoms with Gasteiger partial charge in [0.05, 0.1) is 5.75 Å². The summed E-state index contributed by atoms with van der Waals surface area (Å²) in [6.45, 7) is 2.10. The number of thioether (sulfide) groups is 1. The third-order valence-electron chi connectivity index (χ3n) is 1.55. The highest BCUT2D eigenvalue weighted by Gasteiger charge is 1.99. The molecule has 0 saturated carbocycles. The van der Waals surface area contributed by atoms with Crippen LogP contribution in [0.5, 0.6) is 0 Å². The lowest BCUT2D eigenvalue weighted by Gasteiger charge is -2.02. The molecular formula is C9H13NO3S2. The summed E-state index contributed by atoms with van der Waals surface area (Å²) in [6, 6.07) is 3.99. The van der Waals surface area contributed by atoms with Crippen LogP contribution in [0.2, 0.25) is 0 Å². The highest BCUT2D eigenvalue weighted by atomic mass is 32.2. The van der Waals surface area contributed by atoms with Crippen LogP contribution in [-0.2, 0) is 16.1 Å². The molecule has 1 rings (SSSR count). The van der Waals surface area contributed by atoms with Crippen LogP contribution in [0.4, 0.5) is 5.00 Å². The van der Waals surface area contributed by atoms with E-state index in [4.69, 9.17) is 9.94 Å². The maximum absolute atomic E-state index is 10.2. The predicted molar refractivity (Wildman–Crippen MR) is 63.4 cm³/mol. The first-order valence-electron chi connectivity index (χ1n) is 4.48. The van der Waals surface area contributed by atoms with Gasteiger partial charge in [-0.15, -0.1) is 23.1 Å². The number of aryl methyl sites for hydroxylation is 1. The largest absolute Gasteiger partial charge is 0.481 e. The van der Waals surface area contributed by atoms with E-state index in [1.54, 1.807) is 11.3 Å². The zero-order valence-electron chi connectivity index (χ0n) is 8.36. The molecule has 1 aromatic heterocycles. The topological polar surface area (TPSA) is 58.6 Å². The maximum Gasteiger partial charge on any atom is 0.313 e. The molecule has 0 unspecified atom stereocenters. The second kappa shape index (κ2) is 6.71. The van der Waals surface area contributed by atoms with Crippen molar-refractivity contribution in [2.45, 2.75) is 13.3 Å². The van der Waals surface area contributed by atoms with Gasteiger partial charge in [-0.25, -0.2) is 0 Å². The average molecular weight is 247 g/mol. The van der Waals surface area contributed by atoms with Crippen LogP contribution < -0.4 is 5.48 Å². The van der Waals surface area contributed by atoms with Gasteiger partial charge in [0, 0.05) is 4.88 Å². The Kier molecular flexibility index (Phi) is 5.52. The molecule has 0 aliphatic rings. The minimum Gasteiger partial charge on any atom is -0.481 e. The number of carboxylic acids is 1. The molecule has 84 valence electrons. The summed E-state index contributed by atoms with van der Waals surface area (Å²) in [5.74, 6) is -0.439. The predicted octanol–water partition coefficient (Wildman–Crippen LogP) is 2.43. The summed E-state index contributed by atoms with van der Waals surface area (Å²) in [4.78, 5) is 16.6. The summed E-state index contributed by atoms with van der Waals surface area (Å²) in [5.41, 5.74) is 2.78. The van der Waals surface area contributed by atoms with Crippen molar-refractivity contribution in [3.05, 3.63) is 17.0 Å². The molecule has 0 saturated heterocycles. The summed E-state index contributed by atoms with van der Waals surface area (Å²) in [7, 11) is 0. The van der Waals surface area contributed by atoms with Gasteiger partial charge < -0.3 is 5.11 Å². The van der Waals surface area contributed by atoms with Gasteiger partial charge in [-0.2, -0.15) is 0 Å². The van der Waals surface area contributed by atoms with E-state index in [9.17, 15) is 4.79 Å². The Morgan fingerprint density at radius 3 is 3.07 bits per heavy atom. The van der Waals surface area contributed by atoms with Gasteiger partial charge in [0.15, 0.2) is 0 Å². The van der Waals surface area contributed by atoms with Crippen molar-refractivity contribution >= 4 is 34.1 Å². The first kappa shape index (κ1) is 12.4. The molecular weight excluding hydrogens is 234 g/mol. The summed E-state index contributed by atoms with van der Waals surface area (Å²) in [5, 5.41) is 9.32. The van der Waals surface area contributed by atoms with E-state index < -0.39 is 5.97 Å². The third kappa shape index (κ3) is 5.06. The zero-order chi connectivity index (χ0) is 11.1. The SMILES string of the molecule is CCc1ccc(NOCSCC(=O)O)s1. The Morgan fingerprint density at radius 1 is 1.67 bits per heavy atom. The standard InChI is InChI=1S/C9H13NO3S2/c1-2-7-3-4-8(15-7)10-13-6-14-5-9(11)12/h3-4,10H,2,5-6H2,1H3,(H,11,12). The highest BCUT2D eigenvalue weighted by molar-refractivity contribution is 7.99. The van der Waals surface area contributed by atoms with E-state index in [1.165, 1.54) is 16.6 Å². The smallest absolute Gasteiger partial charge is 0.313 e. The average Bonchev–Trinajstić information content (AvgIpc) is 2.65. The first-order chi connectivity index (χ1) is 7.22. The van der Waals surface area contributed by atoms with Gasteiger partial charge in [-0.1, -0.05) is 6.92 Å². The molecule has 0 aromatic carbocycles. The molecule has 0 atom stereocenters. The van der Waals surface area contributed by atoms with Crippen LogP contribution in [0.15, 0.2) is 12.1 Å². The van der Waals surface area contributed by atoms with Crippen LogP contribution in [0.3, 0.4) is 0 Å². The fraction of sp³-hybridized carbons (Fsp3) is 0.444. The van der Waals surface area contributed by atoms with E-state index in [0.29, 0.717) is 5.94 Å². The van der Waals surface area contributed by atoms with Gasteiger partial charge in [0.25, 0.3) is 0 Å². The quantitative estimate of drug-likeness (QED) is 0.440. The number of anilines is 1. The second-order valence-corrected chi connectivity index (χ2v) is 4.83. The third-order valence-corrected chi connectivity index (χ3v) is 3.41. The molecule has 0 aliphatic heterocycles. The molecule has 15 heavy (non-hydrogen) atoms. The van der Waals surface area contributed by atoms with Crippen molar-refractivity contribution in [3.8, 4) is 0 Å². The second-order valence-electron chi connectivity index (χ2n) is 2.73. The molecule has 0 radical (unpaired) electrons. The van der Waals surface area contributed by atoms with E-state index in [0.717, 1.165) is 11.4 Å². The number of thiophene rings is 1. The molecule has 1 aromatic rings. The minimum absolute atomic E-state index is 0.0618. The van der Waals surface area contributed by atoms with Crippen LogP contribution in [-0.4, -0.2) is 22.8 Å². The lowest BCUT2D eigenvalue weighted by atomic mass is 10.4. The van der Waals surface area contributed by atoms with Gasteiger partial charge in [-0.3, -0.25) is 15.1 Å². The summed E-state index contributed by atoms with van der Waals surface area (Å²) < 4.78 is 0. The monoisotopic (exact) mass is 247 g/mol. The van der Waals surface area contributed by atoms with Gasteiger partial charge >= 0.3 is 5.97 Å². The van der Waals surface area contributed by atoms with Crippen molar-refractivity contribution < 1.29 is 14.7 Å². The van der Waals surface area contributed by atoms with E-state index >= 15 is 0 Å². The molecule has 0 amide bonds. The van der Waals surface area contributed by atoms with Crippen molar-refractivity contribution in [1.29, 1.82) is 0 Å². The number of aliphatic carboxylic acids is 1. The molecule has 0 aliphatic carbocycles. The van der Waals surface area contributed by atoms with E-state index in [1.807, 2.05) is 12.1 Å². The van der Waals surface area contributed by atoms with Crippen LogP contribution in [0.25, 0.3) is 0 Å². The van der Waals surface area contributed by atoms with Crippen LogP contribution >= 0.6 is 23.1 Å². The normalized spacial score (nSPS) is 10.2. The maximum atomic E-state index is 10.2. The molecule has 0 fully saturated rings. The molecule has 6 heteroatoms. The number of carboxylic acid groups (broad SMARTS) is 1. The lowest BCUT2D eigenvalue weighted by Crippen LogP contribution is -2.03. The number of hydrogen-bond acceptors (Lipinski definition) is 5. The van der Waals surface area contributed by atoms with Gasteiger partial charge in [0.2, 0.25) is 0 Å². The fourth-order valence-corrected chi connectivity index (χ4v) is 2.09. The number of hydrogen-bond donors (Lipinski definition) is 2. The zero-order valence-corrected chi connectivity index (χ0v) is 9.99. The minimum atomic E-state index is -0.826. The Hall–Kier alpha value is -0.720. The molecule has 0 bridgehead atoms. The fourth-order valence-electron chi connectivity index (χ4n) is 0.894. The number of carbonyl (C=O) groups is 1. The molecule has 2 N–H and O–H groups in total. The van der Waals surface area contributed by atoms with Crippen molar-refractivity contribution in [2.75, 3.05) is 17.2 Å². The lowest BCUT2D eigenvalue weighted by molar-refractivity contribution is -0.133. The highest BCUT2D eigenvalue weighted by Crippen LogP contribution is 2.22. The number of rotatable bonds is 7. The Bertz CT molecular complexity index is 314. The van der Waals surface area contributed by atoms with Crippen molar-refractivity contribution in [2.24, 2.45) is 0 Å². The van der Waals surface area contributed by atoms with E-state index in [-0.39, 0.29) is 5.75 Å². The Labute approximate surface area is 96.6 Å². The number of nitrogens with one attached hydrogen (secondary N) is 1. The van der Waals surface area contributed by atoms with Gasteiger partial charge in [0.1, 0.15) is 10.9 Å². The van der Waals surface area contributed by atoms with Gasteiger partial charge in [-0.05, 0) is 18.6 Å². The first-order valence-corrected chi connectivity index (χ1v) is 6.45. The molecule has 4 nitrogen and oxygen atoms in total. The molecule has 1 heterocycles. The van der Waals surface area contributed by atoms with E-state index in [2.05, 4.69) is 12.4 Å². The Morgan fingerprint density at radius 2 is 2.47 bits per heavy atom. The molecule has 0 spiro atoms. The van der Waals surface area contributed by atoms with Crippen molar-refractivity contribution in [1.82, 2.24) is 0 Å². The summed E-state index contributed by atoms with van der Waals surface area (Å²) >= 11 is 2.85. The summed E-state index contributed by atoms with van der Waals surface area (Å²) in [6.07, 6.45) is 1.01. The van der Waals surface area contributed by atoms with Crippen LogP contribution in [0, 0.1) is 0 Å². The van der Waals surface area contributed by atoms with Crippen molar-refractivity contribution in [3.63, 3.8) is 0 Å². The van der Waals surface area contributed by atoms with Crippen LogP contribution in [0.1, 0.15) is 11.8 Å². The Balaban J connectivity index is 2.12.